The minimum Gasteiger partial charge on any atom is -0.339 e. The third-order valence-electron chi connectivity index (χ3n) is 5.89. The fourth-order valence-corrected chi connectivity index (χ4v) is 4.97. The van der Waals surface area contributed by atoms with Gasteiger partial charge in [-0.2, -0.15) is 0 Å². The van der Waals surface area contributed by atoms with Gasteiger partial charge in [0.25, 0.3) is 0 Å². The Bertz CT molecular complexity index is 350. The molecule has 18 heavy (non-hydrogen) atoms. The van der Waals surface area contributed by atoms with Crippen molar-refractivity contribution < 1.29 is 4.79 Å². The van der Waals surface area contributed by atoms with Crippen LogP contribution < -0.4 is 5.73 Å². The molecule has 4 fully saturated rings. The van der Waals surface area contributed by atoms with Gasteiger partial charge in [-0.05, 0) is 68.7 Å². The van der Waals surface area contributed by atoms with Gasteiger partial charge in [-0.1, -0.05) is 0 Å². The molecular formula is C15H24N2O. The molecule has 4 aliphatic carbocycles. The number of nitrogens with zero attached hydrogens (tertiary/aromatic N) is 1. The van der Waals surface area contributed by atoms with E-state index in [1.807, 2.05) is 0 Å². The van der Waals surface area contributed by atoms with E-state index < -0.39 is 0 Å². The summed E-state index contributed by atoms with van der Waals surface area (Å²) in [5, 5.41) is 0. The molecule has 0 aromatic carbocycles. The molecule has 4 unspecified atom stereocenters. The Labute approximate surface area is 109 Å². The number of hydrogen-bond acceptors (Lipinski definition) is 2. The number of hydrogen-bond donors (Lipinski definition) is 1. The van der Waals surface area contributed by atoms with Crippen LogP contribution in [0.2, 0.25) is 0 Å². The molecule has 4 rings (SSSR count). The second-order valence-electron chi connectivity index (χ2n) is 6.92. The summed E-state index contributed by atoms with van der Waals surface area (Å²) in [6.45, 7) is 1.62. The quantitative estimate of drug-likeness (QED) is 0.803. The van der Waals surface area contributed by atoms with Crippen LogP contribution in [0.1, 0.15) is 38.5 Å². The molecule has 4 aliphatic rings. The van der Waals surface area contributed by atoms with Gasteiger partial charge in [-0.25, -0.2) is 0 Å². The van der Waals surface area contributed by atoms with Crippen molar-refractivity contribution in [2.75, 3.05) is 13.1 Å². The molecule has 0 spiro atoms. The van der Waals surface area contributed by atoms with Crippen LogP contribution in [-0.4, -0.2) is 29.9 Å². The van der Waals surface area contributed by atoms with Crippen LogP contribution in [0, 0.1) is 29.6 Å². The maximum Gasteiger partial charge on any atom is 0.226 e. The van der Waals surface area contributed by atoms with Gasteiger partial charge in [0.05, 0.1) is 0 Å². The number of carbonyl (C=O) groups excluding carboxylic acids is 1. The van der Waals surface area contributed by atoms with E-state index in [1.165, 1.54) is 32.1 Å². The van der Waals surface area contributed by atoms with Gasteiger partial charge in [0.15, 0.2) is 0 Å². The van der Waals surface area contributed by atoms with Gasteiger partial charge < -0.3 is 10.6 Å². The van der Waals surface area contributed by atoms with Crippen molar-refractivity contribution in [3.05, 3.63) is 0 Å². The predicted octanol–water partition coefficient (Wildman–Crippen LogP) is 1.62. The predicted molar refractivity (Wildman–Crippen MR) is 69.7 cm³/mol. The SMILES string of the molecule is NCCCN(C(=O)C1C2C3CCC(C3)C12)C1CC1. The normalized spacial score (nSPS) is 43.9. The molecule has 1 amide bonds. The van der Waals surface area contributed by atoms with Gasteiger partial charge in [0.1, 0.15) is 0 Å². The van der Waals surface area contributed by atoms with Gasteiger partial charge in [-0.3, -0.25) is 4.79 Å². The van der Waals surface area contributed by atoms with E-state index in [1.54, 1.807) is 0 Å². The molecule has 3 heteroatoms. The van der Waals surface area contributed by atoms with Crippen LogP contribution in [0.5, 0.6) is 0 Å². The summed E-state index contributed by atoms with van der Waals surface area (Å²) in [7, 11) is 0. The highest BCUT2D eigenvalue weighted by Gasteiger charge is 2.68. The van der Waals surface area contributed by atoms with Crippen molar-refractivity contribution in [3.8, 4) is 0 Å². The lowest BCUT2D eigenvalue weighted by molar-refractivity contribution is -0.134. The largest absolute Gasteiger partial charge is 0.339 e. The van der Waals surface area contributed by atoms with Crippen molar-refractivity contribution in [1.29, 1.82) is 0 Å². The lowest BCUT2D eigenvalue weighted by atomic mass is 10.0. The average molecular weight is 248 g/mol. The van der Waals surface area contributed by atoms with E-state index in [0.717, 1.165) is 36.6 Å². The minimum atomic E-state index is 0.426. The third kappa shape index (κ3) is 1.56. The van der Waals surface area contributed by atoms with Gasteiger partial charge in [0.2, 0.25) is 5.91 Å². The summed E-state index contributed by atoms with van der Waals surface area (Å²) >= 11 is 0. The Morgan fingerprint density at radius 3 is 2.33 bits per heavy atom. The van der Waals surface area contributed by atoms with Crippen LogP contribution in [0.4, 0.5) is 0 Å². The highest BCUT2D eigenvalue weighted by atomic mass is 16.2. The first-order valence-electron chi connectivity index (χ1n) is 7.82. The zero-order chi connectivity index (χ0) is 12.3. The lowest BCUT2D eigenvalue weighted by Gasteiger charge is -2.23. The molecule has 2 N–H and O–H groups in total. The summed E-state index contributed by atoms with van der Waals surface area (Å²) < 4.78 is 0. The molecule has 0 aliphatic heterocycles. The molecule has 0 aromatic heterocycles. The molecule has 0 saturated heterocycles. The van der Waals surface area contributed by atoms with E-state index in [9.17, 15) is 4.79 Å². The molecule has 4 atom stereocenters. The van der Waals surface area contributed by atoms with Crippen LogP contribution in [0.15, 0.2) is 0 Å². The second-order valence-corrected chi connectivity index (χ2v) is 6.92. The molecule has 2 bridgehead atoms. The first-order valence-corrected chi connectivity index (χ1v) is 7.82. The van der Waals surface area contributed by atoms with Gasteiger partial charge in [0, 0.05) is 18.5 Å². The first kappa shape index (κ1) is 11.3. The van der Waals surface area contributed by atoms with Crippen molar-refractivity contribution in [3.63, 3.8) is 0 Å². The number of fused-ring (bicyclic) bond motifs is 5. The molecular weight excluding hydrogens is 224 g/mol. The number of amides is 1. The summed E-state index contributed by atoms with van der Waals surface area (Å²) in [5.41, 5.74) is 5.60. The first-order chi connectivity index (χ1) is 8.81. The summed E-state index contributed by atoms with van der Waals surface area (Å²) in [6, 6.07) is 0.572. The zero-order valence-corrected chi connectivity index (χ0v) is 11.1. The Hall–Kier alpha value is -0.570. The van der Waals surface area contributed by atoms with E-state index in [2.05, 4.69) is 4.90 Å². The summed E-state index contributed by atoms with van der Waals surface area (Å²) in [4.78, 5) is 14.9. The Balaban J connectivity index is 1.43. The standard InChI is InChI=1S/C15H24N2O/c16-6-1-7-17(11-4-5-11)15(18)14-12-9-2-3-10(8-9)13(12)14/h9-14H,1-8,16H2. The number of rotatable bonds is 5. The zero-order valence-electron chi connectivity index (χ0n) is 11.1. The molecule has 0 heterocycles. The summed E-state index contributed by atoms with van der Waals surface area (Å²) in [6.07, 6.45) is 7.67. The van der Waals surface area contributed by atoms with Crippen LogP contribution in [0.3, 0.4) is 0 Å². The van der Waals surface area contributed by atoms with E-state index in [0.29, 0.717) is 24.4 Å². The molecule has 100 valence electrons. The smallest absolute Gasteiger partial charge is 0.226 e. The Kier molecular flexibility index (Phi) is 2.48. The van der Waals surface area contributed by atoms with Crippen molar-refractivity contribution in [2.24, 2.45) is 35.3 Å². The van der Waals surface area contributed by atoms with Gasteiger partial charge >= 0.3 is 0 Å². The van der Waals surface area contributed by atoms with Crippen molar-refractivity contribution >= 4 is 5.91 Å². The number of nitrogens with two attached hydrogens (primary N) is 1. The molecule has 4 saturated carbocycles. The second kappa shape index (κ2) is 3.96. The number of carbonyl (C=O) groups is 1. The lowest BCUT2D eigenvalue weighted by Crippen LogP contribution is -2.37. The Morgan fingerprint density at radius 1 is 1.11 bits per heavy atom. The highest BCUT2D eigenvalue weighted by Crippen LogP contribution is 2.69. The maximum atomic E-state index is 12.7. The van der Waals surface area contributed by atoms with E-state index in [-0.39, 0.29) is 0 Å². The topological polar surface area (TPSA) is 46.3 Å². The van der Waals surface area contributed by atoms with Crippen LogP contribution in [0.25, 0.3) is 0 Å². The minimum absolute atomic E-state index is 0.426. The van der Waals surface area contributed by atoms with E-state index >= 15 is 0 Å². The average Bonchev–Trinajstić information content (AvgIpc) is 3.28. The fraction of sp³-hybridized carbons (Fsp3) is 0.933. The van der Waals surface area contributed by atoms with Crippen LogP contribution >= 0.6 is 0 Å². The van der Waals surface area contributed by atoms with E-state index in [4.69, 9.17) is 5.73 Å². The fourth-order valence-electron chi connectivity index (χ4n) is 4.97. The molecule has 0 aromatic rings. The van der Waals surface area contributed by atoms with Crippen molar-refractivity contribution in [1.82, 2.24) is 4.90 Å². The van der Waals surface area contributed by atoms with Crippen LogP contribution in [-0.2, 0) is 4.79 Å². The highest BCUT2D eigenvalue weighted by molar-refractivity contribution is 5.83. The monoisotopic (exact) mass is 248 g/mol. The molecule has 0 radical (unpaired) electrons. The molecule has 3 nitrogen and oxygen atoms in total. The maximum absolute atomic E-state index is 12.7. The van der Waals surface area contributed by atoms with Crippen molar-refractivity contribution in [2.45, 2.75) is 44.6 Å². The summed E-state index contributed by atoms with van der Waals surface area (Å²) in [5.74, 6) is 4.31. The Morgan fingerprint density at radius 2 is 1.78 bits per heavy atom. The van der Waals surface area contributed by atoms with Gasteiger partial charge in [-0.15, -0.1) is 0 Å². The third-order valence-corrected chi connectivity index (χ3v) is 5.89.